The Morgan fingerprint density at radius 2 is 1.70 bits per heavy atom. The van der Waals surface area contributed by atoms with E-state index in [9.17, 15) is 13.2 Å². The van der Waals surface area contributed by atoms with Gasteiger partial charge in [-0.3, -0.25) is 0 Å². The molecular formula is C12H10BrF3N4. The van der Waals surface area contributed by atoms with Crippen molar-refractivity contribution in [3.05, 3.63) is 40.4 Å². The second-order valence-electron chi connectivity index (χ2n) is 3.78. The van der Waals surface area contributed by atoms with Gasteiger partial charge in [-0.05, 0) is 22.9 Å². The van der Waals surface area contributed by atoms with E-state index in [1.807, 2.05) is 6.92 Å². The highest BCUT2D eigenvalue weighted by Crippen LogP contribution is 2.31. The van der Waals surface area contributed by atoms with Crippen LogP contribution in [0.15, 0.2) is 22.9 Å². The first-order valence-corrected chi connectivity index (χ1v) is 6.48. The summed E-state index contributed by atoms with van der Waals surface area (Å²) in [5.41, 5.74) is -0.478. The van der Waals surface area contributed by atoms with Gasteiger partial charge < -0.3 is 10.6 Å². The molecule has 0 aliphatic carbocycles. The molecule has 0 aliphatic rings. The maximum Gasteiger partial charge on any atom is 0.152 e. The molecule has 0 spiro atoms. The van der Waals surface area contributed by atoms with Crippen LogP contribution in [-0.4, -0.2) is 16.5 Å². The molecule has 1 aromatic heterocycles. The molecule has 0 radical (unpaired) electrons. The summed E-state index contributed by atoms with van der Waals surface area (Å²) in [5, 5.41) is 5.43. The van der Waals surface area contributed by atoms with Crippen LogP contribution >= 0.6 is 15.9 Å². The topological polar surface area (TPSA) is 49.8 Å². The first-order valence-electron chi connectivity index (χ1n) is 5.68. The number of rotatable bonds is 4. The zero-order valence-corrected chi connectivity index (χ0v) is 11.9. The SMILES string of the molecule is CCNc1ncnc(Nc2c(F)cc(F)cc2F)c1Br. The Hall–Kier alpha value is -1.83. The van der Waals surface area contributed by atoms with Crippen LogP contribution in [-0.2, 0) is 0 Å². The first-order chi connectivity index (χ1) is 9.52. The van der Waals surface area contributed by atoms with Crippen molar-refractivity contribution in [2.45, 2.75) is 6.92 Å². The molecule has 0 aliphatic heterocycles. The van der Waals surface area contributed by atoms with Crippen LogP contribution in [0.1, 0.15) is 6.92 Å². The van der Waals surface area contributed by atoms with E-state index in [4.69, 9.17) is 0 Å². The fraction of sp³-hybridized carbons (Fsp3) is 0.167. The van der Waals surface area contributed by atoms with Gasteiger partial charge in [0.05, 0.1) is 0 Å². The van der Waals surface area contributed by atoms with E-state index in [1.54, 1.807) is 0 Å². The lowest BCUT2D eigenvalue weighted by molar-refractivity contribution is 0.548. The van der Waals surface area contributed by atoms with E-state index in [2.05, 4.69) is 36.5 Å². The average Bonchev–Trinajstić information content (AvgIpc) is 2.38. The van der Waals surface area contributed by atoms with Crippen molar-refractivity contribution in [3.63, 3.8) is 0 Å². The van der Waals surface area contributed by atoms with Gasteiger partial charge in [0.15, 0.2) is 11.6 Å². The van der Waals surface area contributed by atoms with Gasteiger partial charge >= 0.3 is 0 Å². The van der Waals surface area contributed by atoms with Crippen molar-refractivity contribution < 1.29 is 13.2 Å². The van der Waals surface area contributed by atoms with Crippen molar-refractivity contribution in [2.24, 2.45) is 0 Å². The zero-order chi connectivity index (χ0) is 14.7. The summed E-state index contributed by atoms with van der Waals surface area (Å²) in [6.07, 6.45) is 1.24. The number of aromatic nitrogens is 2. The fourth-order valence-electron chi connectivity index (χ4n) is 1.53. The number of anilines is 3. The molecule has 0 fully saturated rings. The summed E-state index contributed by atoms with van der Waals surface area (Å²) in [5.74, 6) is -2.43. The summed E-state index contributed by atoms with van der Waals surface area (Å²) in [6.45, 7) is 2.50. The normalized spacial score (nSPS) is 10.4. The Morgan fingerprint density at radius 1 is 1.10 bits per heavy atom. The second-order valence-corrected chi connectivity index (χ2v) is 4.58. The third-order valence-electron chi connectivity index (χ3n) is 2.38. The van der Waals surface area contributed by atoms with Crippen LogP contribution in [0.25, 0.3) is 0 Å². The average molecular weight is 347 g/mol. The summed E-state index contributed by atoms with van der Waals surface area (Å²) in [6, 6.07) is 1.18. The van der Waals surface area contributed by atoms with Gasteiger partial charge in [0, 0.05) is 18.7 Å². The predicted octanol–water partition coefficient (Wildman–Crippen LogP) is 3.83. The number of hydrogen-bond acceptors (Lipinski definition) is 4. The molecule has 20 heavy (non-hydrogen) atoms. The third-order valence-corrected chi connectivity index (χ3v) is 3.14. The molecule has 4 nitrogen and oxygen atoms in total. The Balaban J connectivity index is 2.38. The van der Waals surface area contributed by atoms with Gasteiger partial charge in [0.2, 0.25) is 0 Å². The zero-order valence-electron chi connectivity index (χ0n) is 10.3. The molecule has 8 heteroatoms. The molecule has 2 N–H and O–H groups in total. The van der Waals surface area contributed by atoms with Gasteiger partial charge in [-0.25, -0.2) is 23.1 Å². The van der Waals surface area contributed by atoms with E-state index in [0.29, 0.717) is 29.0 Å². The maximum absolute atomic E-state index is 13.6. The summed E-state index contributed by atoms with van der Waals surface area (Å²) < 4.78 is 40.4. The standard InChI is InChI=1S/C12H10BrF3N4/c1-2-17-11-9(13)12(19-5-18-11)20-10-7(15)3-6(14)4-8(10)16/h3-5H,2H2,1H3,(H2,17,18,19,20). The molecule has 0 atom stereocenters. The quantitative estimate of drug-likeness (QED) is 0.883. The maximum atomic E-state index is 13.6. The lowest BCUT2D eigenvalue weighted by atomic mass is 10.2. The molecule has 0 amide bonds. The molecule has 0 saturated carbocycles. The van der Waals surface area contributed by atoms with Crippen LogP contribution in [0.2, 0.25) is 0 Å². The monoisotopic (exact) mass is 346 g/mol. The number of nitrogens with one attached hydrogen (secondary N) is 2. The van der Waals surface area contributed by atoms with Gasteiger partial charge in [-0.2, -0.15) is 0 Å². The number of halogens is 4. The van der Waals surface area contributed by atoms with E-state index in [0.717, 1.165) is 0 Å². The number of nitrogens with zero attached hydrogens (tertiary/aromatic N) is 2. The molecule has 1 aromatic carbocycles. The highest BCUT2D eigenvalue weighted by Gasteiger charge is 2.15. The molecule has 0 saturated heterocycles. The Kier molecular flexibility index (Phi) is 4.43. The molecule has 2 aromatic rings. The highest BCUT2D eigenvalue weighted by molar-refractivity contribution is 9.10. The number of hydrogen-bond donors (Lipinski definition) is 2. The van der Waals surface area contributed by atoms with E-state index >= 15 is 0 Å². The van der Waals surface area contributed by atoms with Crippen molar-refractivity contribution >= 4 is 33.3 Å². The van der Waals surface area contributed by atoms with Crippen molar-refractivity contribution in [2.75, 3.05) is 17.2 Å². The molecular weight excluding hydrogens is 337 g/mol. The fourth-order valence-corrected chi connectivity index (χ4v) is 1.97. The second kappa shape index (κ2) is 6.08. The van der Waals surface area contributed by atoms with Gasteiger partial charge in [-0.1, -0.05) is 0 Å². The molecule has 0 bridgehead atoms. The van der Waals surface area contributed by atoms with E-state index < -0.39 is 23.1 Å². The Labute approximate surface area is 121 Å². The minimum Gasteiger partial charge on any atom is -0.369 e. The lowest BCUT2D eigenvalue weighted by Crippen LogP contribution is -2.05. The van der Waals surface area contributed by atoms with Gasteiger partial charge in [0.1, 0.15) is 33.9 Å². The Morgan fingerprint density at radius 3 is 2.30 bits per heavy atom. The van der Waals surface area contributed by atoms with Crippen molar-refractivity contribution in [3.8, 4) is 0 Å². The summed E-state index contributed by atoms with van der Waals surface area (Å²) in [7, 11) is 0. The summed E-state index contributed by atoms with van der Waals surface area (Å²) >= 11 is 3.23. The van der Waals surface area contributed by atoms with E-state index in [-0.39, 0.29) is 5.82 Å². The van der Waals surface area contributed by atoms with Crippen LogP contribution in [0.4, 0.5) is 30.5 Å². The van der Waals surface area contributed by atoms with Crippen LogP contribution < -0.4 is 10.6 Å². The van der Waals surface area contributed by atoms with Gasteiger partial charge in [-0.15, -0.1) is 0 Å². The van der Waals surface area contributed by atoms with E-state index in [1.165, 1.54) is 6.33 Å². The lowest BCUT2D eigenvalue weighted by Gasteiger charge is -2.12. The minimum atomic E-state index is -1.04. The van der Waals surface area contributed by atoms with Gasteiger partial charge in [0.25, 0.3) is 0 Å². The Bertz CT molecular complexity index is 613. The van der Waals surface area contributed by atoms with Crippen molar-refractivity contribution in [1.29, 1.82) is 0 Å². The number of benzene rings is 1. The smallest absolute Gasteiger partial charge is 0.152 e. The molecule has 1 heterocycles. The minimum absolute atomic E-state index is 0.167. The van der Waals surface area contributed by atoms with Crippen molar-refractivity contribution in [1.82, 2.24) is 9.97 Å². The predicted molar refractivity (Wildman–Crippen MR) is 73.5 cm³/mol. The highest BCUT2D eigenvalue weighted by atomic mass is 79.9. The first kappa shape index (κ1) is 14.6. The molecule has 106 valence electrons. The molecule has 2 rings (SSSR count). The van der Waals surface area contributed by atoms with Crippen LogP contribution in [0.3, 0.4) is 0 Å². The van der Waals surface area contributed by atoms with Crippen LogP contribution in [0.5, 0.6) is 0 Å². The largest absolute Gasteiger partial charge is 0.369 e. The van der Waals surface area contributed by atoms with Crippen LogP contribution in [0, 0.1) is 17.5 Å². The summed E-state index contributed by atoms with van der Waals surface area (Å²) in [4.78, 5) is 7.86. The molecule has 0 unspecified atom stereocenters. The third kappa shape index (κ3) is 3.01.